The van der Waals surface area contributed by atoms with Crippen molar-refractivity contribution >= 4 is 41.2 Å². The van der Waals surface area contributed by atoms with Gasteiger partial charge in [-0.3, -0.25) is 33.6 Å². The number of ketones is 1. The third-order valence-electron chi connectivity index (χ3n) is 11.7. The third-order valence-corrected chi connectivity index (χ3v) is 11.7. The van der Waals surface area contributed by atoms with E-state index in [1.165, 1.54) is 16.7 Å². The standard InChI is InChI=1S/C41H64N6O7/c1-9-25(4)30-24-34(49)33-20-16-22-47(33)41(54)32(23-29-17-13-12-14-18-29)44-38(51)31(43-40(53)36(27(6)11-3)46(8)28(7)48)19-15-21-42-39(52)35(26(5)10-2)45-37(30)50/h12-14,17-18,25-27,30-33,35-36H,9-11,15-16,19-24H2,1-8H3,(H,42,52)(H,43,53)(H,44,51)(H,45,50). The van der Waals surface area contributed by atoms with Crippen molar-refractivity contribution in [2.75, 3.05) is 20.1 Å². The lowest BCUT2D eigenvalue weighted by molar-refractivity contribution is -0.143. The fraction of sp³-hybridized carbons (Fsp3) is 0.683. The van der Waals surface area contributed by atoms with Crippen molar-refractivity contribution in [3.8, 4) is 0 Å². The smallest absolute Gasteiger partial charge is 0.246 e. The van der Waals surface area contributed by atoms with Crippen molar-refractivity contribution in [3.05, 3.63) is 35.9 Å². The van der Waals surface area contributed by atoms with E-state index in [-0.39, 0.29) is 73.5 Å². The minimum Gasteiger partial charge on any atom is -0.354 e. The van der Waals surface area contributed by atoms with E-state index in [4.69, 9.17) is 0 Å². The Kier molecular flexibility index (Phi) is 17.1. The molecule has 0 aromatic heterocycles. The molecular formula is C41H64N6O7. The monoisotopic (exact) mass is 752 g/mol. The molecule has 9 atom stereocenters. The summed E-state index contributed by atoms with van der Waals surface area (Å²) in [5.41, 5.74) is 0.799. The van der Waals surface area contributed by atoms with Crippen LogP contribution in [0.25, 0.3) is 0 Å². The van der Waals surface area contributed by atoms with E-state index in [9.17, 15) is 33.6 Å². The molecule has 2 heterocycles. The molecule has 2 aliphatic rings. The van der Waals surface area contributed by atoms with Gasteiger partial charge in [-0.1, -0.05) is 91.1 Å². The SMILES string of the molecule is CCC(C)C1CC(=O)C2CCCN2C(=O)C(Cc2ccccc2)NC(=O)C(NC(=O)C(C(C)CC)N(C)C(C)=O)CCCNC(=O)C(C(C)CC)NC1=O. The van der Waals surface area contributed by atoms with Gasteiger partial charge in [0.15, 0.2) is 5.78 Å². The average molecular weight is 753 g/mol. The summed E-state index contributed by atoms with van der Waals surface area (Å²) in [6.07, 6.45) is 3.36. The first-order chi connectivity index (χ1) is 25.6. The number of amides is 6. The molecule has 0 saturated carbocycles. The first-order valence-corrected chi connectivity index (χ1v) is 19.9. The lowest BCUT2D eigenvalue weighted by Crippen LogP contribution is -2.59. The highest BCUT2D eigenvalue weighted by Gasteiger charge is 2.41. The Morgan fingerprint density at radius 3 is 2.15 bits per heavy atom. The average Bonchev–Trinajstić information content (AvgIpc) is 3.66. The second-order valence-corrected chi connectivity index (χ2v) is 15.4. The zero-order chi connectivity index (χ0) is 40.1. The molecule has 6 amide bonds. The summed E-state index contributed by atoms with van der Waals surface area (Å²) in [4.78, 5) is 99.5. The predicted molar refractivity (Wildman–Crippen MR) is 207 cm³/mol. The van der Waals surface area contributed by atoms with Gasteiger partial charge < -0.3 is 31.1 Å². The Balaban J connectivity index is 2.07. The predicted octanol–water partition coefficient (Wildman–Crippen LogP) is 3.15. The summed E-state index contributed by atoms with van der Waals surface area (Å²) < 4.78 is 0. The number of nitrogens with zero attached hydrogens (tertiary/aromatic N) is 2. The number of benzene rings is 1. The van der Waals surface area contributed by atoms with Crippen LogP contribution in [0.4, 0.5) is 0 Å². The summed E-state index contributed by atoms with van der Waals surface area (Å²) in [6.45, 7) is 13.3. The normalized spacial score (nSPS) is 25.8. The summed E-state index contributed by atoms with van der Waals surface area (Å²) in [7, 11) is 1.55. The summed E-state index contributed by atoms with van der Waals surface area (Å²) in [5, 5.41) is 11.7. The molecule has 0 bridgehead atoms. The van der Waals surface area contributed by atoms with Gasteiger partial charge in [-0.25, -0.2) is 0 Å². The fourth-order valence-corrected chi connectivity index (χ4v) is 7.43. The van der Waals surface area contributed by atoms with Gasteiger partial charge in [-0.15, -0.1) is 0 Å². The highest BCUT2D eigenvalue weighted by Crippen LogP contribution is 2.27. The second-order valence-electron chi connectivity index (χ2n) is 15.4. The van der Waals surface area contributed by atoms with Gasteiger partial charge >= 0.3 is 0 Å². The maximum Gasteiger partial charge on any atom is 0.246 e. The largest absolute Gasteiger partial charge is 0.354 e. The molecule has 2 saturated heterocycles. The molecule has 1 aromatic carbocycles. The fourth-order valence-electron chi connectivity index (χ4n) is 7.43. The number of nitrogens with one attached hydrogen (secondary N) is 4. The Morgan fingerprint density at radius 1 is 0.870 bits per heavy atom. The van der Waals surface area contributed by atoms with Crippen LogP contribution < -0.4 is 21.3 Å². The molecule has 300 valence electrons. The van der Waals surface area contributed by atoms with E-state index in [1.54, 1.807) is 7.05 Å². The van der Waals surface area contributed by atoms with Crippen molar-refractivity contribution in [1.82, 2.24) is 31.1 Å². The number of fused-ring (bicyclic) bond motifs is 1. The molecular weight excluding hydrogens is 688 g/mol. The van der Waals surface area contributed by atoms with Crippen molar-refractivity contribution in [2.24, 2.45) is 23.7 Å². The van der Waals surface area contributed by atoms with Crippen LogP contribution in [-0.4, -0.2) is 101 Å². The van der Waals surface area contributed by atoms with Gasteiger partial charge in [-0.05, 0) is 49.0 Å². The Labute approximate surface area is 321 Å². The van der Waals surface area contributed by atoms with Crippen LogP contribution in [0.1, 0.15) is 105 Å². The minimum atomic E-state index is -1.11. The van der Waals surface area contributed by atoms with Crippen molar-refractivity contribution in [3.63, 3.8) is 0 Å². The highest BCUT2D eigenvalue weighted by atomic mass is 16.2. The van der Waals surface area contributed by atoms with E-state index in [2.05, 4.69) is 21.3 Å². The molecule has 0 radical (unpaired) electrons. The number of likely N-dealkylation sites (N-methyl/N-ethyl adjacent to an activating group) is 1. The van der Waals surface area contributed by atoms with Crippen LogP contribution in [0.3, 0.4) is 0 Å². The number of hydrogen-bond acceptors (Lipinski definition) is 7. The van der Waals surface area contributed by atoms with Crippen LogP contribution in [0.2, 0.25) is 0 Å². The molecule has 0 spiro atoms. The molecule has 13 nitrogen and oxygen atoms in total. The van der Waals surface area contributed by atoms with Gasteiger partial charge in [-0.2, -0.15) is 0 Å². The molecule has 1 aromatic rings. The molecule has 0 aliphatic carbocycles. The second kappa shape index (κ2) is 21.0. The van der Waals surface area contributed by atoms with Gasteiger partial charge in [0.25, 0.3) is 0 Å². The summed E-state index contributed by atoms with van der Waals surface area (Å²) in [6, 6.07) is 4.63. The first-order valence-electron chi connectivity index (χ1n) is 19.9. The third kappa shape index (κ3) is 11.6. The van der Waals surface area contributed by atoms with E-state index >= 15 is 0 Å². The lowest BCUT2D eigenvalue weighted by atomic mass is 9.84. The van der Waals surface area contributed by atoms with E-state index in [0.29, 0.717) is 38.6 Å². The van der Waals surface area contributed by atoms with Crippen molar-refractivity contribution in [2.45, 2.75) is 136 Å². The maximum atomic E-state index is 14.5. The number of rotatable bonds is 11. The Morgan fingerprint density at radius 2 is 1.54 bits per heavy atom. The number of hydrogen-bond donors (Lipinski definition) is 4. The summed E-state index contributed by atoms with van der Waals surface area (Å²) in [5.74, 6) is -4.01. The lowest BCUT2D eigenvalue weighted by Gasteiger charge is -2.33. The number of carbonyl (C=O) groups excluding carboxylic acids is 7. The zero-order valence-corrected chi connectivity index (χ0v) is 33.6. The van der Waals surface area contributed by atoms with Crippen LogP contribution in [0.15, 0.2) is 30.3 Å². The van der Waals surface area contributed by atoms with Crippen LogP contribution in [0.5, 0.6) is 0 Å². The van der Waals surface area contributed by atoms with E-state index in [0.717, 1.165) is 5.56 Å². The molecule has 13 heteroatoms. The quantitative estimate of drug-likeness (QED) is 0.269. The van der Waals surface area contributed by atoms with Gasteiger partial charge in [0.05, 0.1) is 6.04 Å². The topological polar surface area (TPSA) is 174 Å². The van der Waals surface area contributed by atoms with Crippen LogP contribution in [0, 0.1) is 23.7 Å². The van der Waals surface area contributed by atoms with Gasteiger partial charge in [0, 0.05) is 45.8 Å². The highest BCUT2D eigenvalue weighted by molar-refractivity contribution is 5.97. The minimum absolute atomic E-state index is 0.0833. The van der Waals surface area contributed by atoms with Gasteiger partial charge in [0.2, 0.25) is 35.4 Å². The zero-order valence-electron chi connectivity index (χ0n) is 33.6. The van der Waals surface area contributed by atoms with Crippen molar-refractivity contribution in [1.29, 1.82) is 0 Å². The number of carbonyl (C=O) groups is 7. The van der Waals surface area contributed by atoms with Crippen LogP contribution in [-0.2, 0) is 40.0 Å². The first kappa shape index (κ1) is 44.1. The Bertz CT molecular complexity index is 1470. The van der Waals surface area contributed by atoms with Gasteiger partial charge in [0.1, 0.15) is 24.2 Å². The molecule has 2 aliphatic heterocycles. The molecule has 9 unspecified atom stereocenters. The van der Waals surface area contributed by atoms with Crippen molar-refractivity contribution < 1.29 is 33.6 Å². The maximum absolute atomic E-state index is 14.5. The van der Waals surface area contributed by atoms with E-state index in [1.807, 2.05) is 71.9 Å². The molecule has 2 fully saturated rings. The Hall–Kier alpha value is -4.29. The number of Topliss-reactive ketones (excluding diaryl/α,β-unsaturated/α-hetero) is 1. The molecule has 3 rings (SSSR count). The summed E-state index contributed by atoms with van der Waals surface area (Å²) >= 11 is 0. The molecule has 54 heavy (non-hydrogen) atoms. The van der Waals surface area contributed by atoms with E-state index < -0.39 is 53.8 Å². The molecule has 4 N–H and O–H groups in total. The van der Waals surface area contributed by atoms with Crippen LogP contribution >= 0.6 is 0 Å².